The number of alkyl halides is 1. The quantitative estimate of drug-likeness (QED) is 0.550. The number of halogens is 1. The van der Waals surface area contributed by atoms with Gasteiger partial charge in [-0.3, -0.25) is 0 Å². The van der Waals surface area contributed by atoms with Gasteiger partial charge in [0.15, 0.2) is 5.82 Å². The van der Waals surface area contributed by atoms with Crippen LogP contribution in [0.4, 0.5) is 5.82 Å². The Bertz CT molecular complexity index is 279. The standard InChI is InChI=1S/C10H16ClN3O/c1-3-15-7-6-14(2)10-5-4-9(8-11)12-13-10/h4-5H,3,6-8H2,1-2H3. The number of hydrogen-bond acceptors (Lipinski definition) is 4. The van der Waals surface area contributed by atoms with Gasteiger partial charge in [-0.1, -0.05) is 0 Å². The maximum absolute atomic E-state index is 5.63. The van der Waals surface area contributed by atoms with E-state index in [0.717, 1.165) is 24.7 Å². The van der Waals surface area contributed by atoms with Gasteiger partial charge in [-0.2, -0.15) is 5.10 Å². The van der Waals surface area contributed by atoms with E-state index in [0.29, 0.717) is 12.5 Å². The number of aromatic nitrogens is 2. The highest BCUT2D eigenvalue weighted by Gasteiger charge is 2.02. The zero-order valence-electron chi connectivity index (χ0n) is 9.11. The van der Waals surface area contributed by atoms with Crippen LogP contribution in [0.25, 0.3) is 0 Å². The summed E-state index contributed by atoms with van der Waals surface area (Å²) in [6.07, 6.45) is 0. The molecule has 4 nitrogen and oxygen atoms in total. The fourth-order valence-corrected chi connectivity index (χ4v) is 1.23. The molecule has 0 spiro atoms. The van der Waals surface area contributed by atoms with E-state index >= 15 is 0 Å². The van der Waals surface area contributed by atoms with Gasteiger partial charge < -0.3 is 9.64 Å². The average Bonchev–Trinajstić information content (AvgIpc) is 2.29. The summed E-state index contributed by atoms with van der Waals surface area (Å²) < 4.78 is 5.26. The predicted octanol–water partition coefficient (Wildman–Crippen LogP) is 1.69. The number of likely N-dealkylation sites (N-methyl/N-ethyl adjacent to an activating group) is 1. The van der Waals surface area contributed by atoms with Gasteiger partial charge in [0.1, 0.15) is 0 Å². The van der Waals surface area contributed by atoms with Crippen LogP contribution in [0.2, 0.25) is 0 Å². The Morgan fingerprint density at radius 1 is 1.40 bits per heavy atom. The average molecular weight is 230 g/mol. The maximum Gasteiger partial charge on any atom is 0.151 e. The van der Waals surface area contributed by atoms with Crippen molar-refractivity contribution in [3.05, 3.63) is 17.8 Å². The lowest BCUT2D eigenvalue weighted by Gasteiger charge is -2.17. The van der Waals surface area contributed by atoms with Gasteiger partial charge >= 0.3 is 0 Å². The maximum atomic E-state index is 5.63. The Morgan fingerprint density at radius 3 is 2.73 bits per heavy atom. The van der Waals surface area contributed by atoms with Crippen molar-refractivity contribution in [3.63, 3.8) is 0 Å². The second-order valence-electron chi connectivity index (χ2n) is 3.13. The Kier molecular flexibility index (Phi) is 5.36. The number of ether oxygens (including phenoxy) is 1. The largest absolute Gasteiger partial charge is 0.380 e. The predicted molar refractivity (Wildman–Crippen MR) is 61.4 cm³/mol. The number of hydrogen-bond donors (Lipinski definition) is 0. The summed E-state index contributed by atoms with van der Waals surface area (Å²) in [6, 6.07) is 3.79. The van der Waals surface area contributed by atoms with Gasteiger partial charge in [0.05, 0.1) is 18.2 Å². The van der Waals surface area contributed by atoms with E-state index in [4.69, 9.17) is 16.3 Å². The Morgan fingerprint density at radius 2 is 2.20 bits per heavy atom. The van der Waals surface area contributed by atoms with E-state index < -0.39 is 0 Å². The minimum atomic E-state index is 0.399. The summed E-state index contributed by atoms with van der Waals surface area (Å²) in [5.41, 5.74) is 0.790. The molecular formula is C10H16ClN3O. The van der Waals surface area contributed by atoms with Gasteiger partial charge in [0.2, 0.25) is 0 Å². The molecule has 15 heavy (non-hydrogen) atoms. The molecule has 0 fully saturated rings. The second kappa shape index (κ2) is 6.58. The van der Waals surface area contributed by atoms with Gasteiger partial charge in [0.25, 0.3) is 0 Å². The first kappa shape index (κ1) is 12.2. The summed E-state index contributed by atoms with van der Waals surface area (Å²) in [4.78, 5) is 2.00. The fraction of sp³-hybridized carbons (Fsp3) is 0.600. The summed E-state index contributed by atoms with van der Waals surface area (Å²) in [5, 5.41) is 8.05. The van der Waals surface area contributed by atoms with Crippen LogP contribution in [0.15, 0.2) is 12.1 Å². The molecular weight excluding hydrogens is 214 g/mol. The highest BCUT2D eigenvalue weighted by Crippen LogP contribution is 2.07. The third-order valence-electron chi connectivity index (χ3n) is 2.01. The van der Waals surface area contributed by atoms with Crippen molar-refractivity contribution in [3.8, 4) is 0 Å². The lowest BCUT2D eigenvalue weighted by molar-refractivity contribution is 0.154. The highest BCUT2D eigenvalue weighted by molar-refractivity contribution is 6.16. The molecule has 0 N–H and O–H groups in total. The molecule has 5 heteroatoms. The minimum absolute atomic E-state index is 0.399. The summed E-state index contributed by atoms with van der Waals surface area (Å²) in [6.45, 7) is 4.23. The number of rotatable bonds is 6. The lowest BCUT2D eigenvalue weighted by atomic mass is 10.4. The normalized spacial score (nSPS) is 10.3. The molecule has 0 aliphatic heterocycles. The SMILES string of the molecule is CCOCCN(C)c1ccc(CCl)nn1. The first-order valence-corrected chi connectivity index (χ1v) is 5.48. The van der Waals surface area contributed by atoms with E-state index in [1.54, 1.807) is 0 Å². The van der Waals surface area contributed by atoms with Crippen molar-refractivity contribution >= 4 is 17.4 Å². The van der Waals surface area contributed by atoms with Crippen LogP contribution in [-0.2, 0) is 10.6 Å². The minimum Gasteiger partial charge on any atom is -0.380 e. The van der Waals surface area contributed by atoms with Crippen molar-refractivity contribution in [2.24, 2.45) is 0 Å². The number of nitrogens with zero attached hydrogens (tertiary/aromatic N) is 3. The van der Waals surface area contributed by atoms with Gasteiger partial charge in [0, 0.05) is 20.2 Å². The molecule has 0 unspecified atom stereocenters. The molecule has 1 rings (SSSR count). The van der Waals surface area contributed by atoms with E-state index in [9.17, 15) is 0 Å². The summed E-state index contributed by atoms with van der Waals surface area (Å²) in [7, 11) is 1.96. The van der Waals surface area contributed by atoms with E-state index in [1.165, 1.54) is 0 Å². The molecule has 0 saturated carbocycles. The molecule has 0 bridgehead atoms. The Labute approximate surface area is 95.2 Å². The van der Waals surface area contributed by atoms with Gasteiger partial charge in [-0.15, -0.1) is 16.7 Å². The van der Waals surface area contributed by atoms with E-state index in [-0.39, 0.29) is 0 Å². The molecule has 1 aromatic rings. The smallest absolute Gasteiger partial charge is 0.151 e. The van der Waals surface area contributed by atoms with Crippen molar-refractivity contribution in [1.29, 1.82) is 0 Å². The fourth-order valence-electron chi connectivity index (χ4n) is 1.09. The molecule has 0 saturated heterocycles. The van der Waals surface area contributed by atoms with Crippen molar-refractivity contribution in [2.75, 3.05) is 31.7 Å². The van der Waals surface area contributed by atoms with Crippen LogP contribution in [0.3, 0.4) is 0 Å². The third-order valence-corrected chi connectivity index (χ3v) is 2.28. The molecule has 0 atom stereocenters. The molecule has 1 aromatic heterocycles. The van der Waals surface area contributed by atoms with Crippen LogP contribution < -0.4 is 4.90 Å². The first-order chi connectivity index (χ1) is 7.27. The van der Waals surface area contributed by atoms with Crippen LogP contribution in [0.5, 0.6) is 0 Å². The summed E-state index contributed by atoms with van der Waals surface area (Å²) in [5.74, 6) is 1.24. The monoisotopic (exact) mass is 229 g/mol. The van der Waals surface area contributed by atoms with Crippen molar-refractivity contribution in [2.45, 2.75) is 12.8 Å². The molecule has 0 aliphatic rings. The van der Waals surface area contributed by atoms with Gasteiger partial charge in [-0.05, 0) is 19.1 Å². The zero-order chi connectivity index (χ0) is 11.1. The molecule has 1 heterocycles. The highest BCUT2D eigenvalue weighted by atomic mass is 35.5. The van der Waals surface area contributed by atoms with Crippen molar-refractivity contribution < 1.29 is 4.74 Å². The molecule has 84 valence electrons. The van der Waals surface area contributed by atoms with Crippen molar-refractivity contribution in [1.82, 2.24) is 10.2 Å². The Hall–Kier alpha value is -0.870. The number of anilines is 1. The van der Waals surface area contributed by atoms with Crippen LogP contribution >= 0.6 is 11.6 Å². The second-order valence-corrected chi connectivity index (χ2v) is 3.40. The first-order valence-electron chi connectivity index (χ1n) is 4.95. The summed E-state index contributed by atoms with van der Waals surface area (Å²) >= 11 is 5.63. The van der Waals surface area contributed by atoms with Crippen LogP contribution in [0, 0.1) is 0 Å². The Balaban J connectivity index is 2.46. The molecule has 0 radical (unpaired) electrons. The topological polar surface area (TPSA) is 38.2 Å². The van der Waals surface area contributed by atoms with E-state index in [2.05, 4.69) is 10.2 Å². The lowest BCUT2D eigenvalue weighted by Crippen LogP contribution is -2.23. The van der Waals surface area contributed by atoms with Gasteiger partial charge in [-0.25, -0.2) is 0 Å². The third kappa shape index (κ3) is 4.01. The zero-order valence-corrected chi connectivity index (χ0v) is 9.87. The van der Waals surface area contributed by atoms with Crippen LogP contribution in [-0.4, -0.2) is 37.0 Å². The molecule has 0 aromatic carbocycles. The molecule has 0 amide bonds. The van der Waals surface area contributed by atoms with E-state index in [1.807, 2.05) is 31.0 Å². The molecule has 0 aliphatic carbocycles. The van der Waals surface area contributed by atoms with Crippen LogP contribution in [0.1, 0.15) is 12.6 Å².